The zero-order chi connectivity index (χ0) is 14.7. The number of fused-ring (bicyclic) bond motifs is 1. The van der Waals surface area contributed by atoms with Crippen LogP contribution < -0.4 is 5.73 Å². The summed E-state index contributed by atoms with van der Waals surface area (Å²) in [6.45, 7) is 2.32. The molecule has 2 atom stereocenters. The lowest BCUT2D eigenvalue weighted by Gasteiger charge is -2.38. The van der Waals surface area contributed by atoms with Gasteiger partial charge in [-0.1, -0.05) is 61.5 Å². The molecule has 0 saturated heterocycles. The van der Waals surface area contributed by atoms with Crippen LogP contribution in [-0.4, -0.2) is 0 Å². The van der Waals surface area contributed by atoms with E-state index in [4.69, 9.17) is 5.73 Å². The summed E-state index contributed by atoms with van der Waals surface area (Å²) in [5.41, 5.74) is 10.9. The molecule has 0 spiro atoms. The molecule has 3 rings (SSSR count). The highest BCUT2D eigenvalue weighted by Gasteiger charge is 2.34. The zero-order valence-corrected chi connectivity index (χ0v) is 12.9. The molecule has 21 heavy (non-hydrogen) atoms. The monoisotopic (exact) mass is 279 g/mol. The van der Waals surface area contributed by atoms with E-state index in [2.05, 4.69) is 61.5 Å². The molecule has 2 unspecified atom stereocenters. The highest BCUT2D eigenvalue weighted by atomic mass is 14.7. The van der Waals surface area contributed by atoms with Gasteiger partial charge in [0.1, 0.15) is 0 Å². The molecule has 0 amide bonds. The average molecular weight is 279 g/mol. The van der Waals surface area contributed by atoms with E-state index in [-0.39, 0.29) is 5.54 Å². The molecule has 1 nitrogen and oxygen atoms in total. The van der Waals surface area contributed by atoms with Crippen LogP contribution in [0.4, 0.5) is 0 Å². The van der Waals surface area contributed by atoms with Crippen LogP contribution in [0.1, 0.15) is 55.2 Å². The van der Waals surface area contributed by atoms with E-state index >= 15 is 0 Å². The van der Waals surface area contributed by atoms with Crippen LogP contribution in [0.3, 0.4) is 0 Å². The fourth-order valence-corrected chi connectivity index (χ4v) is 3.66. The summed E-state index contributed by atoms with van der Waals surface area (Å²) < 4.78 is 0. The minimum Gasteiger partial charge on any atom is -0.321 e. The average Bonchev–Trinajstić information content (AvgIpc) is 2.53. The molecule has 0 radical (unpaired) electrons. The summed E-state index contributed by atoms with van der Waals surface area (Å²) in [5, 5.41) is 0. The fourth-order valence-electron chi connectivity index (χ4n) is 3.66. The van der Waals surface area contributed by atoms with Crippen molar-refractivity contribution in [3.05, 3.63) is 71.3 Å². The van der Waals surface area contributed by atoms with Gasteiger partial charge in [-0.15, -0.1) is 0 Å². The molecule has 0 saturated carbocycles. The molecule has 1 heteroatoms. The van der Waals surface area contributed by atoms with Crippen LogP contribution in [0, 0.1) is 0 Å². The van der Waals surface area contributed by atoms with E-state index < -0.39 is 0 Å². The minimum absolute atomic E-state index is 0.127. The van der Waals surface area contributed by atoms with Crippen LogP contribution in [0.25, 0.3) is 0 Å². The molecule has 0 bridgehead atoms. The molecular formula is C20H25N. The molecule has 0 aromatic heterocycles. The van der Waals surface area contributed by atoms with Crippen molar-refractivity contribution in [1.82, 2.24) is 0 Å². The van der Waals surface area contributed by atoms with Gasteiger partial charge in [0.15, 0.2) is 0 Å². The summed E-state index contributed by atoms with van der Waals surface area (Å²) in [6.07, 6.45) is 5.67. The van der Waals surface area contributed by atoms with Crippen LogP contribution >= 0.6 is 0 Å². The second kappa shape index (κ2) is 6.03. The number of benzene rings is 2. The number of nitrogens with two attached hydrogens (primary N) is 1. The lowest BCUT2D eigenvalue weighted by Crippen LogP contribution is -2.40. The van der Waals surface area contributed by atoms with Gasteiger partial charge in [0.25, 0.3) is 0 Å². The molecule has 2 N–H and O–H groups in total. The highest BCUT2D eigenvalue weighted by molar-refractivity contribution is 5.38. The van der Waals surface area contributed by atoms with E-state index in [9.17, 15) is 0 Å². The topological polar surface area (TPSA) is 26.0 Å². The number of aryl methyl sites for hydroxylation is 1. The summed E-state index contributed by atoms with van der Waals surface area (Å²) in [4.78, 5) is 0. The summed E-state index contributed by atoms with van der Waals surface area (Å²) >= 11 is 0. The standard InChI is InChI=1S/C20H25N/c1-16-13-15-20(21,19-12-6-5-11-18(16)19)14-7-10-17-8-3-2-4-9-17/h2-6,8-9,11-12,16H,7,10,13-15,21H2,1H3. The van der Waals surface area contributed by atoms with Gasteiger partial charge in [-0.2, -0.15) is 0 Å². The predicted molar refractivity (Wildman–Crippen MR) is 89.3 cm³/mol. The third-order valence-corrected chi connectivity index (χ3v) is 4.98. The molecule has 110 valence electrons. The molecular weight excluding hydrogens is 254 g/mol. The Hall–Kier alpha value is -1.60. The first kappa shape index (κ1) is 14.3. The van der Waals surface area contributed by atoms with Crippen LogP contribution in [0.2, 0.25) is 0 Å². The first-order chi connectivity index (χ1) is 10.2. The number of rotatable bonds is 4. The Balaban J connectivity index is 1.71. The van der Waals surface area contributed by atoms with Gasteiger partial charge < -0.3 is 5.73 Å². The Kier molecular flexibility index (Phi) is 4.12. The Bertz CT molecular complexity index is 590. The highest BCUT2D eigenvalue weighted by Crippen LogP contribution is 2.42. The summed E-state index contributed by atoms with van der Waals surface area (Å²) in [5.74, 6) is 0.645. The van der Waals surface area contributed by atoms with Gasteiger partial charge in [0.2, 0.25) is 0 Å². The van der Waals surface area contributed by atoms with Crippen molar-refractivity contribution in [1.29, 1.82) is 0 Å². The van der Waals surface area contributed by atoms with E-state index in [1.54, 1.807) is 0 Å². The first-order valence-corrected chi connectivity index (χ1v) is 8.11. The molecule has 0 aliphatic heterocycles. The van der Waals surface area contributed by atoms with Gasteiger partial charge in [-0.3, -0.25) is 0 Å². The predicted octanol–water partition coefficient (Wildman–Crippen LogP) is 4.76. The Morgan fingerprint density at radius 2 is 1.76 bits per heavy atom. The Labute approximate surface area is 128 Å². The van der Waals surface area contributed by atoms with E-state index in [1.165, 1.54) is 23.1 Å². The van der Waals surface area contributed by atoms with Crippen molar-refractivity contribution in [2.24, 2.45) is 5.73 Å². The maximum atomic E-state index is 6.80. The van der Waals surface area contributed by atoms with Crippen molar-refractivity contribution < 1.29 is 0 Å². The first-order valence-electron chi connectivity index (χ1n) is 8.11. The molecule has 2 aromatic rings. The summed E-state index contributed by atoms with van der Waals surface area (Å²) in [7, 11) is 0. The maximum Gasteiger partial charge on any atom is 0.0412 e. The molecule has 1 aliphatic rings. The lowest BCUT2D eigenvalue weighted by atomic mass is 9.71. The third kappa shape index (κ3) is 3.03. The van der Waals surface area contributed by atoms with Crippen molar-refractivity contribution in [2.75, 3.05) is 0 Å². The van der Waals surface area contributed by atoms with Crippen molar-refractivity contribution in [3.8, 4) is 0 Å². The second-order valence-electron chi connectivity index (χ2n) is 6.52. The molecule has 0 fully saturated rings. The van der Waals surface area contributed by atoms with E-state index in [0.29, 0.717) is 5.92 Å². The van der Waals surface area contributed by atoms with Crippen LogP contribution in [0.5, 0.6) is 0 Å². The van der Waals surface area contributed by atoms with Gasteiger partial charge in [-0.05, 0) is 54.7 Å². The second-order valence-corrected chi connectivity index (χ2v) is 6.52. The SMILES string of the molecule is CC1CCC(N)(CCCc2ccccc2)c2ccccc21. The minimum atomic E-state index is -0.127. The Morgan fingerprint density at radius 1 is 1.05 bits per heavy atom. The van der Waals surface area contributed by atoms with Gasteiger partial charge in [0.05, 0.1) is 0 Å². The van der Waals surface area contributed by atoms with Crippen LogP contribution in [-0.2, 0) is 12.0 Å². The smallest absolute Gasteiger partial charge is 0.0412 e. The zero-order valence-electron chi connectivity index (χ0n) is 12.9. The van der Waals surface area contributed by atoms with Crippen molar-refractivity contribution in [2.45, 2.75) is 50.5 Å². The largest absolute Gasteiger partial charge is 0.321 e. The third-order valence-electron chi connectivity index (χ3n) is 4.98. The van der Waals surface area contributed by atoms with Crippen molar-refractivity contribution >= 4 is 0 Å². The molecule has 0 heterocycles. The Morgan fingerprint density at radius 3 is 2.57 bits per heavy atom. The van der Waals surface area contributed by atoms with Gasteiger partial charge >= 0.3 is 0 Å². The fraction of sp³-hybridized carbons (Fsp3) is 0.400. The summed E-state index contributed by atoms with van der Waals surface area (Å²) in [6, 6.07) is 19.5. The number of hydrogen-bond donors (Lipinski definition) is 1. The van der Waals surface area contributed by atoms with Gasteiger partial charge in [0, 0.05) is 5.54 Å². The van der Waals surface area contributed by atoms with E-state index in [1.807, 2.05) is 0 Å². The van der Waals surface area contributed by atoms with Gasteiger partial charge in [-0.25, -0.2) is 0 Å². The quantitative estimate of drug-likeness (QED) is 0.858. The lowest BCUT2D eigenvalue weighted by molar-refractivity contribution is 0.321. The van der Waals surface area contributed by atoms with E-state index in [0.717, 1.165) is 25.7 Å². The van der Waals surface area contributed by atoms with Crippen LogP contribution in [0.15, 0.2) is 54.6 Å². The van der Waals surface area contributed by atoms with Crippen molar-refractivity contribution in [3.63, 3.8) is 0 Å². The molecule has 1 aliphatic carbocycles. The maximum absolute atomic E-state index is 6.80. The number of hydrogen-bond acceptors (Lipinski definition) is 1. The normalized spacial score (nSPS) is 24.6. The molecule has 2 aromatic carbocycles.